The van der Waals surface area contributed by atoms with Crippen LogP contribution in [-0.4, -0.2) is 0 Å². The highest BCUT2D eigenvalue weighted by atomic mass is 14.2. The Bertz CT molecular complexity index is 1630. The van der Waals surface area contributed by atoms with Crippen LogP contribution in [0.3, 0.4) is 0 Å². The highest BCUT2D eigenvalue weighted by Gasteiger charge is 2.18. The molecule has 0 fully saturated rings. The van der Waals surface area contributed by atoms with E-state index in [2.05, 4.69) is 72.8 Å². The lowest BCUT2D eigenvalue weighted by Gasteiger charge is -2.21. The van der Waals surface area contributed by atoms with Gasteiger partial charge in [0.2, 0.25) is 0 Å². The molecule has 0 bridgehead atoms. The standard InChI is InChI=1S/C32H24/c1-5-19-7-3-11-27-29-17-24-16-26-14-22-10-2-6-20-8-4-12-28(32(20)22)30(26)18-23(24)15-25(29)13-21(9-1)31(19)27/h1-2,5-6,9-10,13-18H,3-4,7-8,11-12H2. The predicted molar refractivity (Wildman–Crippen MR) is 138 cm³/mol. The van der Waals surface area contributed by atoms with E-state index in [-0.39, 0.29) is 0 Å². The molecule has 0 heterocycles. The molecule has 0 aliphatic heterocycles. The molecule has 0 saturated heterocycles. The second-order valence-corrected chi connectivity index (χ2v) is 9.94. The van der Waals surface area contributed by atoms with Gasteiger partial charge in [-0.15, -0.1) is 0 Å². The van der Waals surface area contributed by atoms with Crippen molar-refractivity contribution in [2.45, 2.75) is 38.5 Å². The summed E-state index contributed by atoms with van der Waals surface area (Å²) in [5, 5.41) is 14.3. The summed E-state index contributed by atoms with van der Waals surface area (Å²) < 4.78 is 0. The van der Waals surface area contributed by atoms with E-state index in [0.29, 0.717) is 0 Å². The largest absolute Gasteiger partial charge is 0.0614 e. The molecule has 152 valence electrons. The third-order valence-electron chi connectivity index (χ3n) is 8.16. The Hall–Kier alpha value is -3.38. The zero-order valence-electron chi connectivity index (χ0n) is 18.2. The van der Waals surface area contributed by atoms with Crippen LogP contribution in [0.15, 0.2) is 72.8 Å². The normalized spacial score (nSPS) is 15.4. The van der Waals surface area contributed by atoms with Crippen molar-refractivity contribution >= 4 is 53.9 Å². The molecule has 2 aliphatic rings. The van der Waals surface area contributed by atoms with E-state index in [1.54, 1.807) is 11.1 Å². The van der Waals surface area contributed by atoms with E-state index >= 15 is 0 Å². The summed E-state index contributed by atoms with van der Waals surface area (Å²) in [5.74, 6) is 0. The monoisotopic (exact) mass is 408 g/mol. The highest BCUT2D eigenvalue weighted by molar-refractivity contribution is 6.13. The first-order valence-electron chi connectivity index (χ1n) is 12.1. The molecule has 6 aromatic rings. The minimum absolute atomic E-state index is 1.20. The van der Waals surface area contributed by atoms with Crippen LogP contribution < -0.4 is 0 Å². The van der Waals surface area contributed by atoms with E-state index in [1.807, 2.05) is 0 Å². The van der Waals surface area contributed by atoms with E-state index in [4.69, 9.17) is 0 Å². The van der Waals surface area contributed by atoms with Gasteiger partial charge in [-0.1, -0.05) is 36.4 Å². The Labute approximate surface area is 187 Å². The zero-order chi connectivity index (χ0) is 20.8. The molecule has 0 spiro atoms. The molecule has 6 aromatic carbocycles. The average molecular weight is 409 g/mol. The number of hydrogen-bond acceptors (Lipinski definition) is 0. The molecule has 2 aliphatic carbocycles. The fraction of sp³-hybridized carbons (Fsp3) is 0.188. The lowest BCUT2D eigenvalue weighted by atomic mass is 9.83. The summed E-state index contributed by atoms with van der Waals surface area (Å²) >= 11 is 0. The average Bonchev–Trinajstić information content (AvgIpc) is 2.83. The van der Waals surface area contributed by atoms with Crippen LogP contribution in [0.5, 0.6) is 0 Å². The van der Waals surface area contributed by atoms with Crippen molar-refractivity contribution in [2.75, 3.05) is 0 Å². The molecule has 0 radical (unpaired) electrons. The molecule has 0 saturated carbocycles. The Balaban J connectivity index is 1.51. The van der Waals surface area contributed by atoms with Gasteiger partial charge < -0.3 is 0 Å². The van der Waals surface area contributed by atoms with Gasteiger partial charge in [-0.05, 0) is 151 Å². The highest BCUT2D eigenvalue weighted by Crippen LogP contribution is 2.40. The maximum Gasteiger partial charge on any atom is -0.0113 e. The number of rotatable bonds is 0. The van der Waals surface area contributed by atoms with Gasteiger partial charge in [0.25, 0.3) is 0 Å². The van der Waals surface area contributed by atoms with Crippen molar-refractivity contribution in [1.29, 1.82) is 0 Å². The SMILES string of the molecule is c1cc2c3c(c4cc5cc6cc7cccc8c7c(c6cc5cc4cc3c1)CCC8)CCC2. The van der Waals surface area contributed by atoms with Crippen LogP contribution in [0.1, 0.15) is 35.1 Å². The second kappa shape index (κ2) is 6.11. The van der Waals surface area contributed by atoms with Crippen LogP contribution in [0.4, 0.5) is 0 Å². The van der Waals surface area contributed by atoms with E-state index in [1.165, 1.54) is 104 Å². The summed E-state index contributed by atoms with van der Waals surface area (Å²) in [4.78, 5) is 0. The number of fused-ring (bicyclic) bond motifs is 5. The number of aryl methyl sites for hydroxylation is 4. The molecule has 0 heteroatoms. The van der Waals surface area contributed by atoms with Crippen LogP contribution in [0.25, 0.3) is 53.9 Å². The Morgan fingerprint density at radius 2 is 0.875 bits per heavy atom. The fourth-order valence-corrected chi connectivity index (χ4v) is 6.81. The molecule has 0 amide bonds. The van der Waals surface area contributed by atoms with E-state index < -0.39 is 0 Å². The number of hydrogen-bond donors (Lipinski definition) is 0. The summed E-state index contributed by atoms with van der Waals surface area (Å²) in [6.45, 7) is 0. The Morgan fingerprint density at radius 3 is 1.38 bits per heavy atom. The van der Waals surface area contributed by atoms with Crippen molar-refractivity contribution in [2.24, 2.45) is 0 Å². The van der Waals surface area contributed by atoms with E-state index in [0.717, 1.165) is 0 Å². The molecular formula is C32H24. The summed E-state index contributed by atoms with van der Waals surface area (Å²) in [5.41, 5.74) is 6.20. The summed E-state index contributed by atoms with van der Waals surface area (Å²) in [7, 11) is 0. The topological polar surface area (TPSA) is 0 Å². The van der Waals surface area contributed by atoms with Crippen LogP contribution >= 0.6 is 0 Å². The first-order valence-corrected chi connectivity index (χ1v) is 12.1. The maximum absolute atomic E-state index is 2.48. The quantitative estimate of drug-likeness (QED) is 0.221. The Kier molecular flexibility index (Phi) is 3.28. The minimum Gasteiger partial charge on any atom is -0.0614 e. The molecule has 0 aromatic heterocycles. The minimum atomic E-state index is 1.20. The van der Waals surface area contributed by atoms with Gasteiger partial charge in [0.05, 0.1) is 0 Å². The third kappa shape index (κ3) is 2.22. The smallest absolute Gasteiger partial charge is 0.0113 e. The molecule has 8 rings (SSSR count). The van der Waals surface area contributed by atoms with Crippen molar-refractivity contribution in [3.63, 3.8) is 0 Å². The van der Waals surface area contributed by atoms with Gasteiger partial charge >= 0.3 is 0 Å². The van der Waals surface area contributed by atoms with Gasteiger partial charge in [-0.25, -0.2) is 0 Å². The van der Waals surface area contributed by atoms with Gasteiger partial charge in [0, 0.05) is 0 Å². The summed E-state index contributed by atoms with van der Waals surface area (Å²) in [6.07, 6.45) is 7.35. The zero-order valence-corrected chi connectivity index (χ0v) is 18.2. The van der Waals surface area contributed by atoms with Gasteiger partial charge in [-0.2, -0.15) is 0 Å². The van der Waals surface area contributed by atoms with Crippen molar-refractivity contribution in [3.05, 3.63) is 95.1 Å². The van der Waals surface area contributed by atoms with Gasteiger partial charge in [0.1, 0.15) is 0 Å². The summed E-state index contributed by atoms with van der Waals surface area (Å²) in [6, 6.07) is 28.4. The molecule has 0 nitrogen and oxygen atoms in total. The van der Waals surface area contributed by atoms with Crippen LogP contribution in [-0.2, 0) is 25.7 Å². The van der Waals surface area contributed by atoms with Crippen LogP contribution in [0.2, 0.25) is 0 Å². The maximum atomic E-state index is 2.48. The molecular weight excluding hydrogens is 384 g/mol. The molecule has 0 N–H and O–H groups in total. The van der Waals surface area contributed by atoms with Crippen LogP contribution in [0, 0.1) is 0 Å². The predicted octanol–water partition coefficient (Wildman–Crippen LogP) is 8.43. The van der Waals surface area contributed by atoms with Crippen molar-refractivity contribution < 1.29 is 0 Å². The first kappa shape index (κ1) is 17.2. The molecule has 0 unspecified atom stereocenters. The lowest BCUT2D eigenvalue weighted by molar-refractivity contribution is 0.813. The fourth-order valence-electron chi connectivity index (χ4n) is 6.81. The van der Waals surface area contributed by atoms with Crippen molar-refractivity contribution in [1.82, 2.24) is 0 Å². The Morgan fingerprint density at radius 1 is 0.406 bits per heavy atom. The van der Waals surface area contributed by atoms with E-state index in [9.17, 15) is 0 Å². The first-order chi connectivity index (χ1) is 15.8. The number of benzene rings is 6. The van der Waals surface area contributed by atoms with Gasteiger partial charge in [0.15, 0.2) is 0 Å². The molecule has 32 heavy (non-hydrogen) atoms. The van der Waals surface area contributed by atoms with Crippen molar-refractivity contribution in [3.8, 4) is 0 Å². The second-order valence-electron chi connectivity index (χ2n) is 9.94. The molecule has 0 atom stereocenters. The van der Waals surface area contributed by atoms with Gasteiger partial charge in [-0.3, -0.25) is 0 Å². The third-order valence-corrected chi connectivity index (χ3v) is 8.16. The lowest BCUT2D eigenvalue weighted by Crippen LogP contribution is -2.02.